The Morgan fingerprint density at radius 1 is 1.48 bits per heavy atom. The minimum atomic E-state index is -0.893. The van der Waals surface area contributed by atoms with Crippen LogP contribution in [-0.2, 0) is 11.2 Å². The SMILES string of the molecule is NCCc1nc(C(=O)N2CC3CCCC3C2C(=O)O)cs1. The van der Waals surface area contributed by atoms with Crippen LogP contribution in [-0.4, -0.2) is 46.0 Å². The lowest BCUT2D eigenvalue weighted by Crippen LogP contribution is -2.43. The Bertz CT molecular complexity index is 559. The molecule has 0 aromatic carbocycles. The van der Waals surface area contributed by atoms with Crippen molar-refractivity contribution in [1.82, 2.24) is 9.88 Å². The first kappa shape index (κ1) is 14.5. The summed E-state index contributed by atoms with van der Waals surface area (Å²) in [4.78, 5) is 30.0. The van der Waals surface area contributed by atoms with Gasteiger partial charge in [0.05, 0.1) is 5.01 Å². The monoisotopic (exact) mass is 309 g/mol. The summed E-state index contributed by atoms with van der Waals surface area (Å²) in [6, 6.07) is -0.690. The number of hydrogen-bond acceptors (Lipinski definition) is 5. The lowest BCUT2D eigenvalue weighted by atomic mass is 9.94. The quantitative estimate of drug-likeness (QED) is 0.864. The number of amides is 1. The molecule has 3 atom stereocenters. The predicted octanol–water partition coefficient (Wildman–Crippen LogP) is 0.970. The highest BCUT2D eigenvalue weighted by atomic mass is 32.1. The Hall–Kier alpha value is -1.47. The van der Waals surface area contributed by atoms with Crippen LogP contribution in [0.3, 0.4) is 0 Å². The fraction of sp³-hybridized carbons (Fsp3) is 0.643. The smallest absolute Gasteiger partial charge is 0.326 e. The van der Waals surface area contributed by atoms with Crippen LogP contribution in [0.15, 0.2) is 5.38 Å². The molecule has 1 saturated heterocycles. The molecule has 1 aromatic heterocycles. The number of rotatable bonds is 4. The van der Waals surface area contributed by atoms with E-state index in [0.717, 1.165) is 24.3 Å². The van der Waals surface area contributed by atoms with Gasteiger partial charge in [0.1, 0.15) is 11.7 Å². The zero-order chi connectivity index (χ0) is 15.0. The normalized spacial score (nSPS) is 27.9. The maximum atomic E-state index is 12.6. The van der Waals surface area contributed by atoms with Crippen molar-refractivity contribution in [2.45, 2.75) is 31.7 Å². The number of nitrogens with two attached hydrogens (primary N) is 1. The molecule has 0 spiro atoms. The van der Waals surface area contributed by atoms with Crippen molar-refractivity contribution >= 4 is 23.2 Å². The van der Waals surface area contributed by atoms with Gasteiger partial charge >= 0.3 is 5.97 Å². The third kappa shape index (κ3) is 2.55. The van der Waals surface area contributed by atoms with Crippen molar-refractivity contribution in [3.8, 4) is 0 Å². The minimum Gasteiger partial charge on any atom is -0.480 e. The van der Waals surface area contributed by atoms with E-state index in [-0.39, 0.29) is 11.8 Å². The van der Waals surface area contributed by atoms with Gasteiger partial charge in [-0.25, -0.2) is 9.78 Å². The van der Waals surface area contributed by atoms with Gasteiger partial charge < -0.3 is 15.7 Å². The molecule has 6 nitrogen and oxygen atoms in total. The summed E-state index contributed by atoms with van der Waals surface area (Å²) in [6.45, 7) is 1.04. The molecule has 2 heterocycles. The molecule has 2 aliphatic rings. The Kier molecular flexibility index (Phi) is 3.95. The van der Waals surface area contributed by atoms with E-state index in [4.69, 9.17) is 5.73 Å². The molecular weight excluding hydrogens is 290 g/mol. The van der Waals surface area contributed by atoms with Crippen LogP contribution in [0.2, 0.25) is 0 Å². The van der Waals surface area contributed by atoms with E-state index in [9.17, 15) is 14.7 Å². The molecule has 1 aliphatic heterocycles. The standard InChI is InChI=1S/C14H19N3O3S/c15-5-4-11-16-10(7-21-11)13(18)17-6-8-2-1-3-9(8)12(17)14(19)20/h7-9,12H,1-6,15H2,(H,19,20). The number of aromatic nitrogens is 1. The van der Waals surface area contributed by atoms with Gasteiger partial charge in [0.25, 0.3) is 5.91 Å². The number of hydrogen-bond donors (Lipinski definition) is 2. The molecule has 0 bridgehead atoms. The molecule has 3 rings (SSSR count). The summed E-state index contributed by atoms with van der Waals surface area (Å²) in [5.74, 6) is -0.711. The Labute approximate surface area is 127 Å². The summed E-state index contributed by atoms with van der Waals surface area (Å²) in [7, 11) is 0. The van der Waals surface area contributed by atoms with Gasteiger partial charge in [-0.3, -0.25) is 4.79 Å². The highest BCUT2D eigenvalue weighted by Gasteiger charge is 2.49. The van der Waals surface area contributed by atoms with Gasteiger partial charge in [0, 0.05) is 18.3 Å². The lowest BCUT2D eigenvalue weighted by molar-refractivity contribution is -0.142. The predicted molar refractivity (Wildman–Crippen MR) is 78.2 cm³/mol. The fourth-order valence-electron chi connectivity index (χ4n) is 3.63. The van der Waals surface area contributed by atoms with Gasteiger partial charge in [-0.15, -0.1) is 11.3 Å². The fourth-order valence-corrected chi connectivity index (χ4v) is 4.41. The number of fused-ring (bicyclic) bond motifs is 1. The van der Waals surface area contributed by atoms with E-state index < -0.39 is 12.0 Å². The molecule has 1 aromatic rings. The average Bonchev–Trinajstić information content (AvgIpc) is 3.11. The van der Waals surface area contributed by atoms with Crippen LogP contribution >= 0.6 is 11.3 Å². The molecule has 1 saturated carbocycles. The number of thiazole rings is 1. The van der Waals surface area contributed by atoms with Gasteiger partial charge in [-0.05, 0) is 31.2 Å². The molecule has 1 aliphatic carbocycles. The third-order valence-electron chi connectivity index (χ3n) is 4.53. The van der Waals surface area contributed by atoms with E-state index >= 15 is 0 Å². The number of carbonyl (C=O) groups is 2. The van der Waals surface area contributed by atoms with Crippen LogP contribution in [0, 0.1) is 11.8 Å². The number of aliphatic carboxylic acids is 1. The average molecular weight is 309 g/mol. The van der Waals surface area contributed by atoms with E-state index in [0.29, 0.717) is 31.1 Å². The molecule has 2 fully saturated rings. The Morgan fingerprint density at radius 3 is 3.00 bits per heavy atom. The number of likely N-dealkylation sites (tertiary alicyclic amines) is 1. The molecule has 1 amide bonds. The summed E-state index contributed by atoms with van der Waals surface area (Å²) >= 11 is 1.41. The topological polar surface area (TPSA) is 96.5 Å². The van der Waals surface area contributed by atoms with Crippen molar-refractivity contribution in [3.63, 3.8) is 0 Å². The molecule has 114 valence electrons. The maximum Gasteiger partial charge on any atom is 0.326 e. The number of carboxylic acid groups (broad SMARTS) is 1. The zero-order valence-corrected chi connectivity index (χ0v) is 12.5. The van der Waals surface area contributed by atoms with Crippen molar-refractivity contribution in [3.05, 3.63) is 16.1 Å². The zero-order valence-electron chi connectivity index (χ0n) is 11.7. The second kappa shape index (κ2) is 5.73. The van der Waals surface area contributed by atoms with Gasteiger partial charge in [-0.2, -0.15) is 0 Å². The summed E-state index contributed by atoms with van der Waals surface area (Å²) in [6.07, 6.45) is 3.64. The summed E-state index contributed by atoms with van der Waals surface area (Å²) < 4.78 is 0. The molecule has 7 heteroatoms. The first-order chi connectivity index (χ1) is 10.1. The van der Waals surface area contributed by atoms with Crippen molar-refractivity contribution < 1.29 is 14.7 Å². The molecule has 3 N–H and O–H groups in total. The summed E-state index contributed by atoms with van der Waals surface area (Å²) in [5.41, 5.74) is 5.84. The number of nitrogens with zero attached hydrogens (tertiary/aromatic N) is 2. The van der Waals surface area contributed by atoms with Gasteiger partial charge in [-0.1, -0.05) is 6.42 Å². The van der Waals surface area contributed by atoms with Gasteiger partial charge in [0.15, 0.2) is 0 Å². The Morgan fingerprint density at radius 2 is 2.29 bits per heavy atom. The van der Waals surface area contributed by atoms with E-state index in [1.54, 1.807) is 5.38 Å². The van der Waals surface area contributed by atoms with Gasteiger partial charge in [0.2, 0.25) is 0 Å². The number of carbonyl (C=O) groups excluding carboxylic acids is 1. The van der Waals surface area contributed by atoms with Crippen molar-refractivity contribution in [1.29, 1.82) is 0 Å². The van der Waals surface area contributed by atoms with E-state index in [1.807, 2.05) is 0 Å². The van der Waals surface area contributed by atoms with Crippen LogP contribution < -0.4 is 5.73 Å². The second-order valence-electron chi connectivity index (χ2n) is 5.76. The largest absolute Gasteiger partial charge is 0.480 e. The molecule has 0 radical (unpaired) electrons. The first-order valence-corrected chi connectivity index (χ1v) is 8.18. The van der Waals surface area contributed by atoms with E-state index in [1.165, 1.54) is 16.2 Å². The van der Waals surface area contributed by atoms with Crippen LogP contribution in [0.5, 0.6) is 0 Å². The molecule has 21 heavy (non-hydrogen) atoms. The maximum absolute atomic E-state index is 12.6. The lowest BCUT2D eigenvalue weighted by Gasteiger charge is -2.23. The number of carboxylic acids is 1. The van der Waals surface area contributed by atoms with Crippen LogP contribution in [0.1, 0.15) is 34.8 Å². The molecule has 3 unspecified atom stereocenters. The summed E-state index contributed by atoms with van der Waals surface area (Å²) in [5, 5.41) is 12.0. The highest BCUT2D eigenvalue weighted by molar-refractivity contribution is 7.09. The van der Waals surface area contributed by atoms with Crippen molar-refractivity contribution in [2.24, 2.45) is 17.6 Å². The third-order valence-corrected chi connectivity index (χ3v) is 5.44. The van der Waals surface area contributed by atoms with Crippen LogP contribution in [0.25, 0.3) is 0 Å². The van der Waals surface area contributed by atoms with Crippen LogP contribution in [0.4, 0.5) is 0 Å². The minimum absolute atomic E-state index is 0.105. The second-order valence-corrected chi connectivity index (χ2v) is 6.70. The Balaban J connectivity index is 1.81. The van der Waals surface area contributed by atoms with E-state index in [2.05, 4.69) is 4.98 Å². The van der Waals surface area contributed by atoms with Crippen molar-refractivity contribution in [2.75, 3.05) is 13.1 Å². The highest BCUT2D eigenvalue weighted by Crippen LogP contribution is 2.42. The first-order valence-electron chi connectivity index (χ1n) is 7.30. The molecular formula is C14H19N3O3S.